The summed E-state index contributed by atoms with van der Waals surface area (Å²) in [6, 6.07) is 0.351. The Kier molecular flexibility index (Phi) is 5.44. The molecule has 3 unspecified atom stereocenters. The van der Waals surface area contributed by atoms with Crippen molar-refractivity contribution in [1.82, 2.24) is 4.90 Å². The van der Waals surface area contributed by atoms with Crippen molar-refractivity contribution in [2.75, 3.05) is 6.54 Å². The molecule has 1 amide bonds. The fourth-order valence-electron chi connectivity index (χ4n) is 2.77. The van der Waals surface area contributed by atoms with Crippen molar-refractivity contribution in [2.24, 2.45) is 17.6 Å². The first-order valence-corrected chi connectivity index (χ1v) is 7.03. The number of carbonyl (C=O) groups is 1. The second-order valence-electron chi connectivity index (χ2n) is 5.81. The standard InChI is InChI=1S/C14H28N2O/c1-5-8-16(10(2)3)14(17)12-9-11(4)6-7-13(12)15/h10-13H,5-9,15H2,1-4H3. The van der Waals surface area contributed by atoms with Crippen molar-refractivity contribution in [3.63, 3.8) is 0 Å². The number of rotatable bonds is 4. The summed E-state index contributed by atoms with van der Waals surface area (Å²) < 4.78 is 0. The summed E-state index contributed by atoms with van der Waals surface area (Å²) in [6.45, 7) is 9.38. The topological polar surface area (TPSA) is 46.3 Å². The maximum absolute atomic E-state index is 12.5. The average Bonchev–Trinajstić information content (AvgIpc) is 2.28. The average molecular weight is 240 g/mol. The molecule has 100 valence electrons. The van der Waals surface area contributed by atoms with Gasteiger partial charge in [-0.3, -0.25) is 4.79 Å². The van der Waals surface area contributed by atoms with Crippen molar-refractivity contribution < 1.29 is 4.79 Å². The van der Waals surface area contributed by atoms with Gasteiger partial charge in [0.05, 0.1) is 5.92 Å². The van der Waals surface area contributed by atoms with Gasteiger partial charge >= 0.3 is 0 Å². The van der Waals surface area contributed by atoms with Crippen LogP contribution in [0.4, 0.5) is 0 Å². The summed E-state index contributed by atoms with van der Waals surface area (Å²) in [5.41, 5.74) is 6.13. The molecule has 17 heavy (non-hydrogen) atoms. The second-order valence-corrected chi connectivity index (χ2v) is 5.81. The third-order valence-corrected chi connectivity index (χ3v) is 3.85. The largest absolute Gasteiger partial charge is 0.340 e. The van der Waals surface area contributed by atoms with Crippen LogP contribution in [0.3, 0.4) is 0 Å². The molecule has 0 bridgehead atoms. The zero-order valence-electron chi connectivity index (χ0n) is 11.8. The molecule has 0 heterocycles. The van der Waals surface area contributed by atoms with Gasteiger partial charge in [0.1, 0.15) is 0 Å². The van der Waals surface area contributed by atoms with Crippen LogP contribution in [-0.2, 0) is 4.79 Å². The molecule has 1 aliphatic rings. The van der Waals surface area contributed by atoms with Gasteiger partial charge in [0, 0.05) is 18.6 Å². The molecule has 0 radical (unpaired) electrons. The molecule has 3 heteroatoms. The van der Waals surface area contributed by atoms with Gasteiger partial charge in [0.2, 0.25) is 5.91 Å². The Balaban J connectivity index is 2.71. The molecule has 0 aromatic carbocycles. The van der Waals surface area contributed by atoms with Crippen molar-refractivity contribution in [3.05, 3.63) is 0 Å². The van der Waals surface area contributed by atoms with Crippen LogP contribution in [0.25, 0.3) is 0 Å². The lowest BCUT2D eigenvalue weighted by atomic mass is 9.78. The van der Waals surface area contributed by atoms with Gasteiger partial charge in [0.25, 0.3) is 0 Å². The van der Waals surface area contributed by atoms with Crippen molar-refractivity contribution in [1.29, 1.82) is 0 Å². The fourth-order valence-corrected chi connectivity index (χ4v) is 2.77. The van der Waals surface area contributed by atoms with Gasteiger partial charge in [0.15, 0.2) is 0 Å². The van der Waals surface area contributed by atoms with E-state index < -0.39 is 0 Å². The van der Waals surface area contributed by atoms with E-state index in [4.69, 9.17) is 5.73 Å². The third-order valence-electron chi connectivity index (χ3n) is 3.85. The highest BCUT2D eigenvalue weighted by atomic mass is 16.2. The molecule has 0 aromatic rings. The van der Waals surface area contributed by atoms with E-state index in [0.717, 1.165) is 25.8 Å². The number of hydrogen-bond acceptors (Lipinski definition) is 2. The van der Waals surface area contributed by atoms with Crippen molar-refractivity contribution in [3.8, 4) is 0 Å². The highest BCUT2D eigenvalue weighted by Gasteiger charge is 2.34. The van der Waals surface area contributed by atoms with Crippen LogP contribution in [0, 0.1) is 11.8 Å². The van der Waals surface area contributed by atoms with Crippen LogP contribution in [0.2, 0.25) is 0 Å². The summed E-state index contributed by atoms with van der Waals surface area (Å²) in [4.78, 5) is 14.5. The number of nitrogens with zero attached hydrogens (tertiary/aromatic N) is 1. The Morgan fingerprint density at radius 2 is 2.06 bits per heavy atom. The van der Waals surface area contributed by atoms with Crippen LogP contribution in [0.1, 0.15) is 53.4 Å². The maximum atomic E-state index is 12.5. The quantitative estimate of drug-likeness (QED) is 0.820. The molecule has 0 aromatic heterocycles. The van der Waals surface area contributed by atoms with E-state index in [2.05, 4.69) is 27.7 Å². The lowest BCUT2D eigenvalue weighted by Gasteiger charge is -2.37. The summed E-state index contributed by atoms with van der Waals surface area (Å²) >= 11 is 0. The SMILES string of the molecule is CCCN(C(=O)C1CC(C)CCC1N)C(C)C. The first-order valence-electron chi connectivity index (χ1n) is 7.03. The molecule has 0 spiro atoms. The molecule has 0 aliphatic heterocycles. The van der Waals surface area contributed by atoms with Crippen LogP contribution < -0.4 is 5.73 Å². The molecular formula is C14H28N2O. The molecule has 3 atom stereocenters. The lowest BCUT2D eigenvalue weighted by Crippen LogP contribution is -2.49. The van der Waals surface area contributed by atoms with E-state index in [1.54, 1.807) is 0 Å². The normalized spacial score (nSPS) is 29.4. The van der Waals surface area contributed by atoms with Gasteiger partial charge < -0.3 is 10.6 Å². The molecule has 1 fully saturated rings. The Hall–Kier alpha value is -0.570. The van der Waals surface area contributed by atoms with Gasteiger partial charge in [-0.15, -0.1) is 0 Å². The summed E-state index contributed by atoms with van der Waals surface area (Å²) in [5.74, 6) is 0.966. The first kappa shape index (κ1) is 14.5. The Bertz CT molecular complexity index is 253. The minimum atomic E-state index is 0.0488. The van der Waals surface area contributed by atoms with Crippen molar-refractivity contribution in [2.45, 2.75) is 65.5 Å². The van der Waals surface area contributed by atoms with E-state index in [-0.39, 0.29) is 23.9 Å². The van der Waals surface area contributed by atoms with Crippen LogP contribution in [0.5, 0.6) is 0 Å². The Labute approximate surface area is 106 Å². The molecule has 1 aliphatic carbocycles. The molecule has 2 N–H and O–H groups in total. The summed E-state index contributed by atoms with van der Waals surface area (Å²) in [6.07, 6.45) is 4.14. The van der Waals surface area contributed by atoms with Gasteiger partial charge in [-0.2, -0.15) is 0 Å². The number of amides is 1. The summed E-state index contributed by atoms with van der Waals surface area (Å²) in [7, 11) is 0. The minimum absolute atomic E-state index is 0.0488. The number of carbonyl (C=O) groups excluding carboxylic acids is 1. The van der Waals surface area contributed by atoms with Gasteiger partial charge in [-0.1, -0.05) is 13.8 Å². The molecular weight excluding hydrogens is 212 g/mol. The maximum Gasteiger partial charge on any atom is 0.227 e. The monoisotopic (exact) mass is 240 g/mol. The Morgan fingerprint density at radius 3 is 2.59 bits per heavy atom. The third kappa shape index (κ3) is 3.70. The van der Waals surface area contributed by atoms with Crippen molar-refractivity contribution >= 4 is 5.91 Å². The predicted molar refractivity (Wildman–Crippen MR) is 71.6 cm³/mol. The van der Waals surface area contributed by atoms with Gasteiger partial charge in [-0.05, 0) is 45.4 Å². The smallest absolute Gasteiger partial charge is 0.227 e. The second kappa shape index (κ2) is 6.39. The van der Waals surface area contributed by atoms with E-state index in [9.17, 15) is 4.79 Å². The van der Waals surface area contributed by atoms with Crippen LogP contribution >= 0.6 is 0 Å². The molecule has 3 nitrogen and oxygen atoms in total. The number of nitrogens with two attached hydrogens (primary N) is 1. The molecule has 1 rings (SSSR count). The lowest BCUT2D eigenvalue weighted by molar-refractivity contribution is -0.139. The van der Waals surface area contributed by atoms with Gasteiger partial charge in [-0.25, -0.2) is 0 Å². The highest BCUT2D eigenvalue weighted by Crippen LogP contribution is 2.29. The van der Waals surface area contributed by atoms with E-state index in [0.29, 0.717) is 5.92 Å². The van der Waals surface area contributed by atoms with Crippen LogP contribution in [0.15, 0.2) is 0 Å². The molecule has 0 saturated heterocycles. The van der Waals surface area contributed by atoms with E-state index >= 15 is 0 Å². The summed E-state index contributed by atoms with van der Waals surface area (Å²) in [5, 5.41) is 0. The minimum Gasteiger partial charge on any atom is -0.340 e. The highest BCUT2D eigenvalue weighted by molar-refractivity contribution is 5.80. The predicted octanol–water partition coefficient (Wildman–Crippen LogP) is 2.40. The Morgan fingerprint density at radius 1 is 1.41 bits per heavy atom. The first-order chi connectivity index (χ1) is 7.97. The van der Waals surface area contributed by atoms with E-state index in [1.807, 2.05) is 4.90 Å². The van der Waals surface area contributed by atoms with Crippen LogP contribution in [-0.4, -0.2) is 29.4 Å². The van der Waals surface area contributed by atoms with E-state index in [1.165, 1.54) is 6.42 Å². The molecule has 1 saturated carbocycles. The fraction of sp³-hybridized carbons (Fsp3) is 0.929. The zero-order valence-corrected chi connectivity index (χ0v) is 11.8. The zero-order chi connectivity index (χ0) is 13.0. The number of hydrogen-bond donors (Lipinski definition) is 1.